The third kappa shape index (κ3) is 3.86. The van der Waals surface area contributed by atoms with Gasteiger partial charge in [0.25, 0.3) is 5.91 Å². The number of nitrogens with zero attached hydrogens (tertiary/aromatic N) is 3. The smallest absolute Gasteiger partial charge is 0.251 e. The Hall–Kier alpha value is -2.45. The van der Waals surface area contributed by atoms with Gasteiger partial charge in [-0.2, -0.15) is 0 Å². The van der Waals surface area contributed by atoms with Crippen LogP contribution in [0.2, 0.25) is 0 Å². The minimum absolute atomic E-state index is 0.182. The van der Waals surface area contributed by atoms with Gasteiger partial charge in [-0.05, 0) is 31.2 Å². The Morgan fingerprint density at radius 1 is 1.15 bits per heavy atom. The molecule has 0 aliphatic carbocycles. The summed E-state index contributed by atoms with van der Waals surface area (Å²) in [6, 6.07) is 6.54. The summed E-state index contributed by atoms with van der Waals surface area (Å²) < 4.78 is 5.40. The second-order valence-corrected chi connectivity index (χ2v) is 6.49. The van der Waals surface area contributed by atoms with E-state index in [4.69, 9.17) is 10.5 Å². The van der Waals surface area contributed by atoms with Crippen LogP contribution in [0.1, 0.15) is 13.3 Å². The molecule has 3 rings (SSSR count). The zero-order valence-corrected chi connectivity index (χ0v) is 14.9. The SMILES string of the molecule is CCOc1ccc(N2C(=O)C[C@H](N3CCN(CC(N)=O)CC3)C2=O)cc1. The highest BCUT2D eigenvalue weighted by atomic mass is 16.5. The molecule has 1 atom stereocenters. The third-order valence-corrected chi connectivity index (χ3v) is 4.76. The predicted octanol–water partition coefficient (Wildman–Crippen LogP) is -0.180. The molecule has 2 saturated heterocycles. The second-order valence-electron chi connectivity index (χ2n) is 6.49. The average molecular weight is 360 g/mol. The molecular formula is C18H24N4O4. The maximum atomic E-state index is 12.8. The molecule has 0 unspecified atom stereocenters. The van der Waals surface area contributed by atoms with E-state index in [1.165, 1.54) is 4.90 Å². The monoisotopic (exact) mass is 360 g/mol. The minimum atomic E-state index is -0.440. The molecule has 0 aromatic heterocycles. The van der Waals surface area contributed by atoms with Crippen molar-refractivity contribution in [3.63, 3.8) is 0 Å². The fraction of sp³-hybridized carbons (Fsp3) is 0.500. The van der Waals surface area contributed by atoms with Crippen molar-refractivity contribution in [1.29, 1.82) is 0 Å². The predicted molar refractivity (Wildman–Crippen MR) is 95.7 cm³/mol. The van der Waals surface area contributed by atoms with Crippen LogP contribution >= 0.6 is 0 Å². The molecule has 2 heterocycles. The van der Waals surface area contributed by atoms with E-state index in [-0.39, 0.29) is 30.7 Å². The number of nitrogens with two attached hydrogens (primary N) is 1. The Morgan fingerprint density at radius 2 is 1.81 bits per heavy atom. The summed E-state index contributed by atoms with van der Waals surface area (Å²) in [5.41, 5.74) is 5.79. The van der Waals surface area contributed by atoms with Crippen molar-refractivity contribution in [2.75, 3.05) is 44.2 Å². The maximum Gasteiger partial charge on any atom is 0.251 e. The van der Waals surface area contributed by atoms with Crippen molar-refractivity contribution >= 4 is 23.4 Å². The van der Waals surface area contributed by atoms with Crippen molar-refractivity contribution in [1.82, 2.24) is 9.80 Å². The van der Waals surface area contributed by atoms with Crippen LogP contribution in [0.25, 0.3) is 0 Å². The second kappa shape index (κ2) is 7.84. The summed E-state index contributed by atoms with van der Waals surface area (Å²) >= 11 is 0. The van der Waals surface area contributed by atoms with Crippen LogP contribution in [0.3, 0.4) is 0 Å². The highest BCUT2D eigenvalue weighted by Crippen LogP contribution is 2.27. The number of hydrogen-bond donors (Lipinski definition) is 1. The molecule has 8 nitrogen and oxygen atoms in total. The summed E-state index contributed by atoms with van der Waals surface area (Å²) in [6.07, 6.45) is 0.182. The lowest BCUT2D eigenvalue weighted by Crippen LogP contribution is -2.53. The largest absolute Gasteiger partial charge is 0.494 e. The van der Waals surface area contributed by atoms with Gasteiger partial charge >= 0.3 is 0 Å². The van der Waals surface area contributed by atoms with E-state index in [1.54, 1.807) is 24.3 Å². The molecule has 26 heavy (non-hydrogen) atoms. The number of amides is 3. The number of hydrogen-bond acceptors (Lipinski definition) is 6. The number of rotatable bonds is 6. The lowest BCUT2D eigenvalue weighted by atomic mass is 10.1. The summed E-state index contributed by atoms with van der Waals surface area (Å²) in [7, 11) is 0. The van der Waals surface area contributed by atoms with Gasteiger partial charge in [0.1, 0.15) is 5.75 Å². The molecule has 140 valence electrons. The lowest BCUT2D eigenvalue weighted by Gasteiger charge is -2.36. The van der Waals surface area contributed by atoms with Crippen LogP contribution in [0, 0.1) is 0 Å². The van der Waals surface area contributed by atoms with Crippen molar-refractivity contribution in [2.24, 2.45) is 5.73 Å². The minimum Gasteiger partial charge on any atom is -0.494 e. The van der Waals surface area contributed by atoms with E-state index < -0.39 is 6.04 Å². The zero-order chi connectivity index (χ0) is 18.7. The van der Waals surface area contributed by atoms with E-state index in [2.05, 4.69) is 0 Å². The molecule has 0 spiro atoms. The standard InChI is InChI=1S/C18H24N4O4/c1-2-26-14-5-3-13(4-6-14)22-17(24)11-15(18(22)25)21-9-7-20(8-10-21)12-16(19)23/h3-6,15H,2,7-12H2,1H3,(H2,19,23)/t15-/m0/s1. The van der Waals surface area contributed by atoms with E-state index >= 15 is 0 Å². The van der Waals surface area contributed by atoms with Gasteiger partial charge in [-0.1, -0.05) is 0 Å². The molecule has 3 amide bonds. The Morgan fingerprint density at radius 3 is 2.38 bits per heavy atom. The van der Waals surface area contributed by atoms with Gasteiger partial charge < -0.3 is 10.5 Å². The summed E-state index contributed by atoms with van der Waals surface area (Å²) in [5, 5.41) is 0. The van der Waals surface area contributed by atoms with Gasteiger partial charge in [-0.15, -0.1) is 0 Å². The lowest BCUT2D eigenvalue weighted by molar-refractivity contribution is -0.124. The first kappa shape index (κ1) is 18.3. The van der Waals surface area contributed by atoms with Crippen LogP contribution < -0.4 is 15.4 Å². The van der Waals surface area contributed by atoms with Gasteiger partial charge in [0, 0.05) is 26.2 Å². The van der Waals surface area contributed by atoms with E-state index in [9.17, 15) is 14.4 Å². The first-order valence-electron chi connectivity index (χ1n) is 8.84. The van der Waals surface area contributed by atoms with E-state index in [0.717, 1.165) is 0 Å². The van der Waals surface area contributed by atoms with Crippen molar-refractivity contribution in [3.05, 3.63) is 24.3 Å². The van der Waals surface area contributed by atoms with Gasteiger partial charge in [0.2, 0.25) is 11.8 Å². The van der Waals surface area contributed by atoms with E-state index in [1.807, 2.05) is 16.7 Å². The molecule has 0 saturated carbocycles. The quantitative estimate of drug-likeness (QED) is 0.707. The van der Waals surface area contributed by atoms with Gasteiger partial charge in [-0.3, -0.25) is 24.2 Å². The molecule has 8 heteroatoms. The number of piperazine rings is 1. The number of imide groups is 1. The van der Waals surface area contributed by atoms with Crippen LogP contribution in [0.15, 0.2) is 24.3 Å². The summed E-state index contributed by atoms with van der Waals surface area (Å²) in [4.78, 5) is 41.5. The first-order chi connectivity index (χ1) is 12.5. The molecular weight excluding hydrogens is 336 g/mol. The van der Waals surface area contributed by atoms with Gasteiger partial charge in [0.15, 0.2) is 0 Å². The molecule has 2 aliphatic rings. The molecule has 2 N–H and O–H groups in total. The number of carbonyl (C=O) groups excluding carboxylic acids is 3. The highest BCUT2D eigenvalue weighted by Gasteiger charge is 2.43. The molecule has 0 radical (unpaired) electrons. The average Bonchev–Trinajstić information content (AvgIpc) is 2.91. The Bertz CT molecular complexity index is 683. The normalized spacial score (nSPS) is 22.0. The fourth-order valence-corrected chi connectivity index (χ4v) is 3.48. The Kier molecular flexibility index (Phi) is 5.53. The number of carbonyl (C=O) groups is 3. The Balaban J connectivity index is 1.65. The van der Waals surface area contributed by atoms with Crippen LogP contribution in [0.4, 0.5) is 5.69 Å². The van der Waals surface area contributed by atoms with Crippen molar-refractivity contribution < 1.29 is 19.1 Å². The van der Waals surface area contributed by atoms with Gasteiger partial charge in [0.05, 0.1) is 31.3 Å². The third-order valence-electron chi connectivity index (χ3n) is 4.76. The Labute approximate surface area is 152 Å². The van der Waals surface area contributed by atoms with E-state index in [0.29, 0.717) is 44.2 Å². The molecule has 0 bridgehead atoms. The van der Waals surface area contributed by atoms with Crippen LogP contribution in [-0.2, 0) is 14.4 Å². The van der Waals surface area contributed by atoms with Crippen LogP contribution in [0.5, 0.6) is 5.75 Å². The fourth-order valence-electron chi connectivity index (χ4n) is 3.48. The maximum absolute atomic E-state index is 12.8. The number of anilines is 1. The molecule has 2 fully saturated rings. The van der Waals surface area contributed by atoms with Crippen molar-refractivity contribution in [3.8, 4) is 5.75 Å². The van der Waals surface area contributed by atoms with Crippen LogP contribution in [-0.4, -0.2) is 72.9 Å². The summed E-state index contributed by atoms with van der Waals surface area (Å²) in [5.74, 6) is -0.0315. The first-order valence-corrected chi connectivity index (χ1v) is 8.84. The number of benzene rings is 1. The highest BCUT2D eigenvalue weighted by molar-refractivity contribution is 6.22. The number of primary amides is 1. The number of ether oxygens (including phenoxy) is 1. The molecule has 1 aromatic rings. The summed E-state index contributed by atoms with van der Waals surface area (Å²) in [6.45, 7) is 5.26. The van der Waals surface area contributed by atoms with Crippen molar-refractivity contribution in [2.45, 2.75) is 19.4 Å². The molecule has 1 aromatic carbocycles. The molecule has 2 aliphatic heterocycles. The van der Waals surface area contributed by atoms with Gasteiger partial charge in [-0.25, -0.2) is 4.90 Å². The topological polar surface area (TPSA) is 96.2 Å². The zero-order valence-electron chi connectivity index (χ0n) is 14.9.